The predicted molar refractivity (Wildman–Crippen MR) is 73.0 cm³/mol. The molecule has 0 saturated heterocycles. The lowest BCUT2D eigenvalue weighted by Gasteiger charge is -2.07. The second-order valence-corrected chi connectivity index (χ2v) is 5.77. The molecule has 0 spiro atoms. The third-order valence-corrected chi connectivity index (χ3v) is 4.18. The Morgan fingerprint density at radius 2 is 2.21 bits per heavy atom. The molecular weight excluding hydrogens is 284 g/mol. The highest BCUT2D eigenvalue weighted by Crippen LogP contribution is 2.39. The van der Waals surface area contributed by atoms with E-state index in [0.717, 1.165) is 29.3 Å². The summed E-state index contributed by atoms with van der Waals surface area (Å²) >= 11 is 7.36. The van der Waals surface area contributed by atoms with Gasteiger partial charge in [-0.2, -0.15) is 0 Å². The zero-order valence-corrected chi connectivity index (χ0v) is 11.7. The lowest BCUT2D eigenvalue weighted by atomic mass is 10.3. The summed E-state index contributed by atoms with van der Waals surface area (Å²) < 4.78 is 2.05. The second kappa shape index (κ2) is 5.48. The molecule has 100 valence electrons. The van der Waals surface area contributed by atoms with Crippen LogP contribution in [0.4, 0.5) is 0 Å². The summed E-state index contributed by atoms with van der Waals surface area (Å²) in [6.45, 7) is -0.0629. The second-order valence-electron chi connectivity index (χ2n) is 4.44. The quantitative estimate of drug-likeness (QED) is 0.678. The Morgan fingerprint density at radius 1 is 1.37 bits per heavy atom. The van der Waals surface area contributed by atoms with E-state index < -0.39 is 0 Å². The summed E-state index contributed by atoms with van der Waals surface area (Å²) in [5.41, 5.74) is 1.09. The molecule has 2 heterocycles. The molecule has 19 heavy (non-hydrogen) atoms. The van der Waals surface area contributed by atoms with Crippen molar-refractivity contribution in [1.29, 1.82) is 0 Å². The van der Waals surface area contributed by atoms with Crippen molar-refractivity contribution < 1.29 is 5.11 Å². The molecule has 1 aliphatic rings. The van der Waals surface area contributed by atoms with Crippen LogP contribution in [0.1, 0.15) is 30.3 Å². The number of hydrogen-bond donors (Lipinski definition) is 1. The van der Waals surface area contributed by atoms with Crippen LogP contribution in [0.3, 0.4) is 0 Å². The Labute approximate surface area is 120 Å². The van der Waals surface area contributed by atoms with Crippen molar-refractivity contribution in [3.8, 4) is 0 Å². The highest BCUT2D eigenvalue weighted by molar-refractivity contribution is 7.98. The number of aliphatic hydroxyl groups is 1. The van der Waals surface area contributed by atoms with Crippen molar-refractivity contribution in [3.05, 3.63) is 34.9 Å². The van der Waals surface area contributed by atoms with Crippen molar-refractivity contribution >= 4 is 23.4 Å². The maximum atomic E-state index is 9.27. The van der Waals surface area contributed by atoms with E-state index in [2.05, 4.69) is 15.2 Å². The Kier molecular flexibility index (Phi) is 3.72. The summed E-state index contributed by atoms with van der Waals surface area (Å²) in [6.07, 6.45) is 4.04. The van der Waals surface area contributed by atoms with Crippen molar-refractivity contribution in [2.75, 3.05) is 0 Å². The minimum absolute atomic E-state index is 0.0629. The van der Waals surface area contributed by atoms with Gasteiger partial charge in [-0.3, -0.25) is 0 Å². The summed E-state index contributed by atoms with van der Waals surface area (Å²) in [6, 6.07) is 4.19. The van der Waals surface area contributed by atoms with Gasteiger partial charge in [-0.15, -0.1) is 10.2 Å². The zero-order valence-electron chi connectivity index (χ0n) is 10.2. The third kappa shape index (κ3) is 2.91. The Morgan fingerprint density at radius 3 is 2.84 bits per heavy atom. The highest BCUT2D eigenvalue weighted by atomic mass is 35.5. The number of hydrogen-bond acceptors (Lipinski definition) is 5. The van der Waals surface area contributed by atoms with E-state index in [1.54, 1.807) is 24.0 Å². The Hall–Kier alpha value is -1.11. The summed E-state index contributed by atoms with van der Waals surface area (Å²) in [7, 11) is 0. The maximum Gasteiger partial charge on any atom is 0.191 e. The van der Waals surface area contributed by atoms with E-state index >= 15 is 0 Å². The Balaban J connectivity index is 1.73. The van der Waals surface area contributed by atoms with Gasteiger partial charge in [0.15, 0.2) is 11.0 Å². The van der Waals surface area contributed by atoms with Crippen LogP contribution in [0, 0.1) is 0 Å². The molecule has 0 bridgehead atoms. The van der Waals surface area contributed by atoms with Gasteiger partial charge in [0.2, 0.25) is 0 Å². The molecule has 1 N–H and O–H groups in total. The van der Waals surface area contributed by atoms with Gasteiger partial charge in [0.1, 0.15) is 11.8 Å². The Bertz CT molecular complexity index is 568. The molecule has 0 aromatic carbocycles. The summed E-state index contributed by atoms with van der Waals surface area (Å²) in [4.78, 5) is 4.05. The highest BCUT2D eigenvalue weighted by Gasteiger charge is 2.29. The molecular formula is C12H13ClN4OS. The molecule has 0 atom stereocenters. The zero-order chi connectivity index (χ0) is 13.2. The number of aliphatic hydroxyl groups excluding tert-OH is 1. The smallest absolute Gasteiger partial charge is 0.191 e. The molecule has 2 aromatic heterocycles. The fraction of sp³-hybridized carbons (Fsp3) is 0.417. The molecule has 1 aliphatic carbocycles. The first-order valence-electron chi connectivity index (χ1n) is 6.06. The summed E-state index contributed by atoms with van der Waals surface area (Å²) in [5, 5.41) is 18.8. The first-order chi connectivity index (χ1) is 9.28. The van der Waals surface area contributed by atoms with Crippen LogP contribution in [0.2, 0.25) is 5.15 Å². The van der Waals surface area contributed by atoms with Crippen LogP contribution in [-0.2, 0) is 12.4 Å². The molecule has 1 fully saturated rings. The van der Waals surface area contributed by atoms with E-state index in [1.807, 2.05) is 10.6 Å². The maximum absolute atomic E-state index is 9.27. The number of pyridine rings is 1. The van der Waals surface area contributed by atoms with Gasteiger partial charge in [0.25, 0.3) is 0 Å². The van der Waals surface area contributed by atoms with Crippen molar-refractivity contribution in [2.24, 2.45) is 0 Å². The van der Waals surface area contributed by atoms with Crippen LogP contribution in [0.15, 0.2) is 23.5 Å². The van der Waals surface area contributed by atoms with Gasteiger partial charge >= 0.3 is 0 Å². The van der Waals surface area contributed by atoms with Crippen LogP contribution in [0.5, 0.6) is 0 Å². The van der Waals surface area contributed by atoms with Gasteiger partial charge in [-0.05, 0) is 24.5 Å². The number of rotatable bonds is 5. The number of thioether (sulfide) groups is 1. The van der Waals surface area contributed by atoms with E-state index in [1.165, 1.54) is 0 Å². The molecule has 0 unspecified atom stereocenters. The van der Waals surface area contributed by atoms with Gasteiger partial charge in [-0.1, -0.05) is 29.4 Å². The van der Waals surface area contributed by atoms with E-state index in [9.17, 15) is 5.11 Å². The third-order valence-electron chi connectivity index (χ3n) is 2.95. The first-order valence-corrected chi connectivity index (χ1v) is 7.42. The average molecular weight is 297 g/mol. The van der Waals surface area contributed by atoms with Gasteiger partial charge in [-0.25, -0.2) is 4.98 Å². The molecule has 0 aliphatic heterocycles. The standard InChI is InChI=1S/C12H13ClN4OS/c13-10-4-1-8(5-14-10)7-19-12-16-15-11(6-18)17(12)9-2-3-9/h1,4-5,9,18H,2-3,6-7H2. The normalized spacial score (nSPS) is 14.8. The van der Waals surface area contributed by atoms with Crippen LogP contribution < -0.4 is 0 Å². The minimum atomic E-state index is -0.0629. The topological polar surface area (TPSA) is 63.8 Å². The van der Waals surface area contributed by atoms with Crippen LogP contribution in [0.25, 0.3) is 0 Å². The monoisotopic (exact) mass is 296 g/mol. The van der Waals surface area contributed by atoms with Gasteiger partial charge < -0.3 is 9.67 Å². The molecule has 7 heteroatoms. The molecule has 0 amide bonds. The molecule has 3 rings (SSSR count). The molecule has 0 radical (unpaired) electrons. The van der Waals surface area contributed by atoms with Crippen molar-refractivity contribution in [3.63, 3.8) is 0 Å². The number of halogens is 1. The number of aromatic nitrogens is 4. The fourth-order valence-electron chi connectivity index (χ4n) is 1.85. The van der Waals surface area contributed by atoms with Gasteiger partial charge in [0, 0.05) is 18.0 Å². The lowest BCUT2D eigenvalue weighted by molar-refractivity contribution is 0.263. The predicted octanol–water partition coefficient (Wildman–Crippen LogP) is 2.45. The van der Waals surface area contributed by atoms with E-state index in [-0.39, 0.29) is 6.61 Å². The molecule has 5 nitrogen and oxygen atoms in total. The van der Waals surface area contributed by atoms with Crippen molar-refractivity contribution in [1.82, 2.24) is 19.7 Å². The van der Waals surface area contributed by atoms with E-state index in [0.29, 0.717) is 17.0 Å². The average Bonchev–Trinajstić information content (AvgIpc) is 3.18. The van der Waals surface area contributed by atoms with Crippen molar-refractivity contribution in [2.45, 2.75) is 36.4 Å². The summed E-state index contributed by atoms with van der Waals surface area (Å²) in [5.74, 6) is 1.42. The van der Waals surface area contributed by atoms with Crippen LogP contribution >= 0.6 is 23.4 Å². The van der Waals surface area contributed by atoms with Gasteiger partial charge in [0.05, 0.1) is 0 Å². The minimum Gasteiger partial charge on any atom is -0.388 e. The largest absolute Gasteiger partial charge is 0.388 e. The SMILES string of the molecule is OCc1nnc(SCc2ccc(Cl)nc2)n1C1CC1. The molecule has 1 saturated carbocycles. The number of nitrogens with zero attached hydrogens (tertiary/aromatic N) is 4. The molecule has 2 aromatic rings. The first kappa shape index (κ1) is 12.9. The lowest BCUT2D eigenvalue weighted by Crippen LogP contribution is -2.02. The van der Waals surface area contributed by atoms with E-state index in [4.69, 9.17) is 11.6 Å². The fourth-order valence-corrected chi connectivity index (χ4v) is 2.92. The van der Waals surface area contributed by atoms with Crippen LogP contribution in [-0.4, -0.2) is 24.9 Å².